The third kappa shape index (κ3) is 4.51. The maximum absolute atomic E-state index is 11.1. The normalized spacial score (nSPS) is 18.8. The van der Waals surface area contributed by atoms with E-state index in [-0.39, 0.29) is 0 Å². The van der Waals surface area contributed by atoms with Crippen molar-refractivity contribution in [1.82, 2.24) is 19.9 Å². The van der Waals surface area contributed by atoms with Gasteiger partial charge in [-0.15, -0.1) is 0 Å². The molecule has 2 N–H and O–H groups in total. The van der Waals surface area contributed by atoms with E-state index in [0.29, 0.717) is 11.5 Å². The van der Waals surface area contributed by atoms with Crippen molar-refractivity contribution in [2.45, 2.75) is 39.7 Å². The fourth-order valence-corrected chi connectivity index (χ4v) is 3.39. The zero-order valence-corrected chi connectivity index (χ0v) is 15.8. The molecule has 26 heavy (non-hydrogen) atoms. The van der Waals surface area contributed by atoms with Crippen molar-refractivity contribution >= 4 is 23.0 Å². The number of hydroxylamine groups is 1. The highest BCUT2D eigenvalue weighted by molar-refractivity contribution is 5.91. The summed E-state index contributed by atoms with van der Waals surface area (Å²) >= 11 is 0. The quantitative estimate of drug-likeness (QED) is 0.490. The molecule has 0 aliphatic carbocycles. The highest BCUT2D eigenvalue weighted by Crippen LogP contribution is 2.28. The van der Waals surface area contributed by atoms with Crippen molar-refractivity contribution < 1.29 is 10.0 Å². The predicted octanol–water partition coefficient (Wildman–Crippen LogP) is 3.24. The summed E-state index contributed by atoms with van der Waals surface area (Å²) in [6.07, 6.45) is 7.24. The van der Waals surface area contributed by atoms with Gasteiger partial charge in [0.05, 0.1) is 17.4 Å². The minimum absolute atomic E-state index is 0.372. The van der Waals surface area contributed by atoms with Gasteiger partial charge in [-0.25, -0.2) is 10.5 Å². The molecule has 6 nitrogen and oxygen atoms in total. The first kappa shape index (κ1) is 18.6. The molecule has 6 heteroatoms. The number of rotatable bonds is 5. The number of amides is 1. The molecule has 1 aliphatic heterocycles. The monoisotopic (exact) mass is 356 g/mol. The van der Waals surface area contributed by atoms with Gasteiger partial charge >= 0.3 is 0 Å². The Morgan fingerprint density at radius 1 is 1.42 bits per heavy atom. The van der Waals surface area contributed by atoms with E-state index in [9.17, 15) is 4.79 Å². The number of fused-ring (bicyclic) bond motifs is 1. The van der Waals surface area contributed by atoms with Gasteiger partial charge in [-0.1, -0.05) is 26.8 Å². The zero-order chi connectivity index (χ0) is 18.7. The van der Waals surface area contributed by atoms with E-state index in [4.69, 9.17) is 5.21 Å². The molecule has 1 saturated heterocycles. The van der Waals surface area contributed by atoms with Crippen LogP contribution in [0.15, 0.2) is 30.6 Å². The van der Waals surface area contributed by atoms with Crippen LogP contribution >= 0.6 is 0 Å². The third-order valence-corrected chi connectivity index (χ3v) is 4.96. The van der Waals surface area contributed by atoms with Gasteiger partial charge in [-0.2, -0.15) is 0 Å². The summed E-state index contributed by atoms with van der Waals surface area (Å²) in [5.41, 5.74) is 4.88. The van der Waals surface area contributed by atoms with Gasteiger partial charge in [0.25, 0.3) is 5.91 Å². The van der Waals surface area contributed by atoms with E-state index in [1.54, 1.807) is 11.6 Å². The zero-order valence-electron chi connectivity index (χ0n) is 15.8. The number of carbonyl (C=O) groups is 1. The molecule has 1 fully saturated rings. The number of carbonyl (C=O) groups excluding carboxylic acids is 1. The number of imidazole rings is 1. The summed E-state index contributed by atoms with van der Waals surface area (Å²) in [7, 11) is 0. The number of hydrogen-bond acceptors (Lipinski definition) is 4. The number of aromatic nitrogens is 2. The lowest BCUT2D eigenvalue weighted by Gasteiger charge is -2.23. The minimum Gasteiger partial charge on any atom is -0.326 e. The number of nitrogens with zero attached hydrogens (tertiary/aromatic N) is 3. The number of hydrogen-bond donors (Lipinski definition) is 2. The van der Waals surface area contributed by atoms with Crippen LogP contribution in [-0.4, -0.2) is 45.2 Å². The Balaban J connectivity index is 1.70. The summed E-state index contributed by atoms with van der Waals surface area (Å²) in [5.74, 6) is -0.545. The summed E-state index contributed by atoms with van der Waals surface area (Å²) in [5, 5.41) is 8.54. The lowest BCUT2D eigenvalue weighted by atomic mass is 9.92. The maximum Gasteiger partial charge on any atom is 0.267 e. The van der Waals surface area contributed by atoms with E-state index in [1.807, 2.05) is 18.5 Å². The second-order valence-corrected chi connectivity index (χ2v) is 8.26. The van der Waals surface area contributed by atoms with Gasteiger partial charge in [-0.3, -0.25) is 10.0 Å². The van der Waals surface area contributed by atoms with E-state index in [2.05, 4.69) is 41.3 Å². The molecule has 3 rings (SSSR count). The van der Waals surface area contributed by atoms with Crippen LogP contribution in [0.25, 0.3) is 17.1 Å². The van der Waals surface area contributed by atoms with Crippen LogP contribution in [0.2, 0.25) is 0 Å². The topological polar surface area (TPSA) is 70.4 Å². The van der Waals surface area contributed by atoms with Crippen molar-refractivity contribution in [1.29, 1.82) is 0 Å². The fourth-order valence-electron chi connectivity index (χ4n) is 3.39. The van der Waals surface area contributed by atoms with Gasteiger partial charge in [0, 0.05) is 25.2 Å². The molecule has 140 valence electrons. The standard InChI is InChI=1S/C20H28N4O2/c1-20(2,3)9-11-23-10-8-16(13-23)24-14-21-17-12-15(4-6-18(17)24)5-7-19(25)22-26/h4-7,12,14,16,26H,8-11,13H2,1-3H3,(H,22,25)/b7-5+. The molecule has 2 heterocycles. The van der Waals surface area contributed by atoms with Gasteiger partial charge in [0.1, 0.15) is 0 Å². The molecule has 0 saturated carbocycles. The average molecular weight is 356 g/mol. The van der Waals surface area contributed by atoms with Crippen LogP contribution in [0.3, 0.4) is 0 Å². The number of nitrogens with one attached hydrogen (secondary N) is 1. The molecule has 0 radical (unpaired) electrons. The second-order valence-electron chi connectivity index (χ2n) is 8.26. The third-order valence-electron chi connectivity index (χ3n) is 4.96. The molecule has 0 bridgehead atoms. The SMILES string of the molecule is CC(C)(C)CCN1CCC(n2cnc3cc(/C=C/C(=O)NO)ccc32)C1. The summed E-state index contributed by atoms with van der Waals surface area (Å²) in [6, 6.07) is 6.44. The lowest BCUT2D eigenvalue weighted by molar-refractivity contribution is -0.124. The Bertz CT molecular complexity index is 804. The van der Waals surface area contributed by atoms with Gasteiger partial charge in [-0.05, 0) is 48.6 Å². The lowest BCUT2D eigenvalue weighted by Crippen LogP contribution is -2.25. The summed E-state index contributed by atoms with van der Waals surface area (Å²) in [6.45, 7) is 10.2. The molecule has 0 spiro atoms. The predicted molar refractivity (Wildman–Crippen MR) is 103 cm³/mol. The Labute approximate surface area is 154 Å². The molecule has 1 aromatic carbocycles. The summed E-state index contributed by atoms with van der Waals surface area (Å²) in [4.78, 5) is 18.2. The molecular weight excluding hydrogens is 328 g/mol. The van der Waals surface area contributed by atoms with Crippen molar-refractivity contribution in [3.63, 3.8) is 0 Å². The first-order chi connectivity index (χ1) is 12.4. The van der Waals surface area contributed by atoms with E-state index in [1.165, 1.54) is 12.5 Å². The van der Waals surface area contributed by atoms with Crippen LogP contribution in [0.1, 0.15) is 45.2 Å². The van der Waals surface area contributed by atoms with E-state index in [0.717, 1.165) is 42.7 Å². The Hall–Kier alpha value is -2.18. The Morgan fingerprint density at radius 2 is 2.23 bits per heavy atom. The highest BCUT2D eigenvalue weighted by atomic mass is 16.5. The van der Waals surface area contributed by atoms with Crippen LogP contribution < -0.4 is 5.48 Å². The summed E-state index contributed by atoms with van der Waals surface area (Å²) < 4.78 is 2.28. The van der Waals surface area contributed by atoms with Gasteiger partial charge < -0.3 is 9.47 Å². The first-order valence-corrected chi connectivity index (χ1v) is 9.17. The number of likely N-dealkylation sites (tertiary alicyclic amines) is 1. The van der Waals surface area contributed by atoms with Crippen LogP contribution in [0.4, 0.5) is 0 Å². The Morgan fingerprint density at radius 3 is 2.96 bits per heavy atom. The molecule has 2 aromatic rings. The van der Waals surface area contributed by atoms with Crippen molar-refractivity contribution in [3.8, 4) is 0 Å². The largest absolute Gasteiger partial charge is 0.326 e. The molecule has 1 amide bonds. The molecular formula is C20H28N4O2. The van der Waals surface area contributed by atoms with E-state index < -0.39 is 5.91 Å². The van der Waals surface area contributed by atoms with Gasteiger partial charge in [0.2, 0.25) is 0 Å². The molecule has 1 aliphatic rings. The van der Waals surface area contributed by atoms with Crippen molar-refractivity contribution in [2.24, 2.45) is 5.41 Å². The van der Waals surface area contributed by atoms with Gasteiger partial charge in [0.15, 0.2) is 0 Å². The molecule has 1 atom stereocenters. The van der Waals surface area contributed by atoms with Crippen molar-refractivity contribution in [2.75, 3.05) is 19.6 Å². The molecule has 1 aromatic heterocycles. The minimum atomic E-state index is -0.545. The highest BCUT2D eigenvalue weighted by Gasteiger charge is 2.25. The fraction of sp³-hybridized carbons (Fsp3) is 0.500. The van der Waals surface area contributed by atoms with Crippen LogP contribution in [0, 0.1) is 5.41 Å². The maximum atomic E-state index is 11.1. The molecule has 1 unspecified atom stereocenters. The Kier molecular flexibility index (Phi) is 5.44. The van der Waals surface area contributed by atoms with E-state index >= 15 is 0 Å². The number of benzene rings is 1. The first-order valence-electron chi connectivity index (χ1n) is 9.17. The van der Waals surface area contributed by atoms with Crippen molar-refractivity contribution in [3.05, 3.63) is 36.2 Å². The van der Waals surface area contributed by atoms with Crippen LogP contribution in [0.5, 0.6) is 0 Å². The average Bonchev–Trinajstić information content (AvgIpc) is 3.23. The van der Waals surface area contributed by atoms with Crippen LogP contribution in [-0.2, 0) is 4.79 Å². The second kappa shape index (κ2) is 7.60. The smallest absolute Gasteiger partial charge is 0.267 e.